The van der Waals surface area contributed by atoms with Gasteiger partial charge in [-0.25, -0.2) is 9.37 Å². The van der Waals surface area contributed by atoms with Crippen LogP contribution < -0.4 is 0 Å². The van der Waals surface area contributed by atoms with Gasteiger partial charge in [-0.3, -0.25) is 9.59 Å². The Balaban J connectivity index is 1.65. The number of hydrogen-bond acceptors (Lipinski definition) is 5. The summed E-state index contributed by atoms with van der Waals surface area (Å²) in [5, 5.41) is 1.52. The second kappa shape index (κ2) is 9.77. The second-order valence-corrected chi connectivity index (χ2v) is 9.47. The van der Waals surface area contributed by atoms with E-state index in [0.29, 0.717) is 12.1 Å². The van der Waals surface area contributed by atoms with Gasteiger partial charge in [-0.2, -0.15) is 0 Å². The number of methoxy groups -OCH3 is 1. The molecule has 0 aliphatic carbocycles. The van der Waals surface area contributed by atoms with Gasteiger partial charge in [0, 0.05) is 23.6 Å². The van der Waals surface area contributed by atoms with Gasteiger partial charge in [0.25, 0.3) is 5.91 Å². The van der Waals surface area contributed by atoms with Gasteiger partial charge in [0.2, 0.25) is 0 Å². The van der Waals surface area contributed by atoms with Crippen molar-refractivity contribution in [2.24, 2.45) is 0 Å². The predicted octanol–water partition coefficient (Wildman–Crippen LogP) is 5.21. The molecular weight excluding hydrogens is 453 g/mol. The number of aromatic amines is 1. The maximum Gasteiger partial charge on any atom is 0.325 e. The number of hydrogen-bond donors (Lipinski definition) is 1. The maximum atomic E-state index is 13.8. The first kappa shape index (κ1) is 23.6. The molecule has 1 amide bonds. The standard InChI is InChI=1S/C26H26FN3O3S/c1-15-5-6-18(11-16(15)2)25-24(29-17(3)34-25)26(32)30(14-23(31)33-4)10-9-19-13-28-22-8-7-20(27)12-21(19)22/h5-8,11-13,28H,9-10,14H2,1-4H3. The fourth-order valence-corrected chi connectivity index (χ4v) is 4.79. The number of carbonyl (C=O) groups is 2. The SMILES string of the molecule is COC(=O)CN(CCc1c[nH]c2ccc(F)cc12)C(=O)c1nc(C)sc1-c1ccc(C)c(C)c1. The molecule has 0 aliphatic heterocycles. The Labute approximate surface area is 201 Å². The fourth-order valence-electron chi connectivity index (χ4n) is 3.89. The van der Waals surface area contributed by atoms with E-state index in [2.05, 4.69) is 9.97 Å². The summed E-state index contributed by atoms with van der Waals surface area (Å²) in [6, 6.07) is 10.6. The van der Waals surface area contributed by atoms with Gasteiger partial charge in [-0.15, -0.1) is 11.3 Å². The van der Waals surface area contributed by atoms with Crippen molar-refractivity contribution >= 4 is 34.1 Å². The van der Waals surface area contributed by atoms with Crippen LogP contribution in [0, 0.1) is 26.6 Å². The fraction of sp³-hybridized carbons (Fsp3) is 0.269. The van der Waals surface area contributed by atoms with Crippen LogP contribution in [-0.4, -0.2) is 46.9 Å². The minimum Gasteiger partial charge on any atom is -0.468 e. The van der Waals surface area contributed by atoms with E-state index in [-0.39, 0.29) is 24.8 Å². The zero-order chi connectivity index (χ0) is 24.4. The molecule has 2 aromatic heterocycles. The summed E-state index contributed by atoms with van der Waals surface area (Å²) in [5.41, 5.74) is 5.21. The minimum atomic E-state index is -0.516. The smallest absolute Gasteiger partial charge is 0.325 e. The first-order valence-corrected chi connectivity index (χ1v) is 11.7. The topological polar surface area (TPSA) is 75.3 Å². The number of thiazole rings is 1. The molecule has 0 spiro atoms. The average Bonchev–Trinajstić information content (AvgIpc) is 3.40. The van der Waals surface area contributed by atoms with Gasteiger partial charge in [0.15, 0.2) is 0 Å². The van der Waals surface area contributed by atoms with Crippen molar-refractivity contribution in [3.05, 3.63) is 75.8 Å². The van der Waals surface area contributed by atoms with E-state index in [1.165, 1.54) is 41.0 Å². The molecule has 2 heterocycles. The van der Waals surface area contributed by atoms with Crippen LogP contribution >= 0.6 is 11.3 Å². The quantitative estimate of drug-likeness (QED) is 0.369. The Morgan fingerprint density at radius 2 is 1.91 bits per heavy atom. The minimum absolute atomic E-state index is 0.199. The molecule has 4 aromatic rings. The lowest BCUT2D eigenvalue weighted by Gasteiger charge is -2.21. The number of benzene rings is 2. The van der Waals surface area contributed by atoms with E-state index < -0.39 is 5.97 Å². The molecule has 6 nitrogen and oxygen atoms in total. The van der Waals surface area contributed by atoms with Crippen LogP contribution in [0.4, 0.5) is 4.39 Å². The van der Waals surface area contributed by atoms with Crippen molar-refractivity contribution in [3.8, 4) is 10.4 Å². The highest BCUT2D eigenvalue weighted by Gasteiger charge is 2.26. The van der Waals surface area contributed by atoms with E-state index in [0.717, 1.165) is 37.5 Å². The van der Waals surface area contributed by atoms with Crippen LogP contribution in [0.5, 0.6) is 0 Å². The predicted molar refractivity (Wildman–Crippen MR) is 132 cm³/mol. The number of esters is 1. The molecule has 0 atom stereocenters. The third-order valence-corrected chi connectivity index (χ3v) is 6.94. The number of rotatable bonds is 7. The number of fused-ring (bicyclic) bond motifs is 1. The lowest BCUT2D eigenvalue weighted by Crippen LogP contribution is -2.38. The number of nitrogens with one attached hydrogen (secondary N) is 1. The Kier molecular flexibility index (Phi) is 6.79. The van der Waals surface area contributed by atoms with E-state index in [4.69, 9.17) is 4.74 Å². The average molecular weight is 480 g/mol. The highest BCUT2D eigenvalue weighted by molar-refractivity contribution is 7.15. The molecule has 0 saturated carbocycles. The molecule has 0 unspecified atom stereocenters. The molecule has 2 aromatic carbocycles. The van der Waals surface area contributed by atoms with Crippen molar-refractivity contribution in [1.29, 1.82) is 0 Å². The van der Waals surface area contributed by atoms with Crippen molar-refractivity contribution in [2.45, 2.75) is 27.2 Å². The number of aromatic nitrogens is 2. The molecule has 0 fully saturated rings. The summed E-state index contributed by atoms with van der Waals surface area (Å²) in [4.78, 5) is 35.6. The molecule has 0 bridgehead atoms. The van der Waals surface area contributed by atoms with Crippen LogP contribution in [0.2, 0.25) is 0 Å². The molecule has 8 heteroatoms. The van der Waals surface area contributed by atoms with Gasteiger partial charge in [-0.1, -0.05) is 18.2 Å². The summed E-state index contributed by atoms with van der Waals surface area (Å²) in [6.07, 6.45) is 2.24. The Bertz CT molecular complexity index is 1380. The third kappa shape index (κ3) is 4.87. The Morgan fingerprint density at radius 1 is 1.12 bits per heavy atom. The van der Waals surface area contributed by atoms with Crippen molar-refractivity contribution in [1.82, 2.24) is 14.9 Å². The Hall–Kier alpha value is -3.52. The molecule has 0 aliphatic rings. The van der Waals surface area contributed by atoms with Gasteiger partial charge in [0.1, 0.15) is 18.1 Å². The summed E-state index contributed by atoms with van der Waals surface area (Å²) < 4.78 is 18.6. The second-order valence-electron chi connectivity index (χ2n) is 8.27. The van der Waals surface area contributed by atoms with Crippen molar-refractivity contribution in [2.75, 3.05) is 20.2 Å². The molecule has 1 N–H and O–H groups in total. The number of carbonyl (C=O) groups excluding carboxylic acids is 2. The van der Waals surface area contributed by atoms with Crippen LogP contribution in [0.3, 0.4) is 0 Å². The summed E-state index contributed by atoms with van der Waals surface area (Å²) in [6.45, 7) is 5.98. The number of amides is 1. The number of H-pyrrole nitrogens is 1. The number of ether oxygens (including phenoxy) is 1. The molecule has 34 heavy (non-hydrogen) atoms. The van der Waals surface area contributed by atoms with Crippen LogP contribution in [0.25, 0.3) is 21.3 Å². The first-order valence-electron chi connectivity index (χ1n) is 10.9. The van der Waals surface area contributed by atoms with Crippen LogP contribution in [-0.2, 0) is 16.0 Å². The maximum absolute atomic E-state index is 13.8. The number of nitrogens with zero attached hydrogens (tertiary/aromatic N) is 2. The summed E-state index contributed by atoms with van der Waals surface area (Å²) in [7, 11) is 1.29. The Morgan fingerprint density at radius 3 is 2.65 bits per heavy atom. The summed E-state index contributed by atoms with van der Waals surface area (Å²) in [5.74, 6) is -1.18. The highest BCUT2D eigenvalue weighted by Crippen LogP contribution is 2.32. The third-order valence-electron chi connectivity index (χ3n) is 5.92. The van der Waals surface area contributed by atoms with Crippen molar-refractivity contribution in [3.63, 3.8) is 0 Å². The normalized spacial score (nSPS) is 11.1. The van der Waals surface area contributed by atoms with Crippen LogP contribution in [0.15, 0.2) is 42.6 Å². The van der Waals surface area contributed by atoms with Gasteiger partial charge in [0.05, 0.1) is 17.0 Å². The lowest BCUT2D eigenvalue weighted by molar-refractivity contribution is -0.141. The van der Waals surface area contributed by atoms with E-state index in [1.54, 1.807) is 12.3 Å². The zero-order valence-electron chi connectivity index (χ0n) is 19.6. The molecule has 176 valence electrons. The summed E-state index contributed by atoms with van der Waals surface area (Å²) >= 11 is 1.45. The van der Waals surface area contributed by atoms with E-state index in [1.807, 2.05) is 39.0 Å². The number of aryl methyl sites for hydroxylation is 3. The van der Waals surface area contributed by atoms with Crippen LogP contribution in [0.1, 0.15) is 32.2 Å². The van der Waals surface area contributed by atoms with Gasteiger partial charge in [-0.05, 0) is 67.6 Å². The molecular formula is C26H26FN3O3S. The first-order chi connectivity index (χ1) is 16.3. The molecule has 0 saturated heterocycles. The number of halogens is 1. The zero-order valence-corrected chi connectivity index (χ0v) is 20.4. The van der Waals surface area contributed by atoms with Crippen molar-refractivity contribution < 1.29 is 18.7 Å². The van der Waals surface area contributed by atoms with Gasteiger partial charge < -0.3 is 14.6 Å². The highest BCUT2D eigenvalue weighted by atomic mass is 32.1. The lowest BCUT2D eigenvalue weighted by atomic mass is 10.0. The largest absolute Gasteiger partial charge is 0.468 e. The van der Waals surface area contributed by atoms with E-state index >= 15 is 0 Å². The van der Waals surface area contributed by atoms with Gasteiger partial charge >= 0.3 is 5.97 Å². The molecule has 4 rings (SSSR count). The monoisotopic (exact) mass is 479 g/mol. The molecule has 0 radical (unpaired) electrons. The van der Waals surface area contributed by atoms with E-state index in [9.17, 15) is 14.0 Å².